The Bertz CT molecular complexity index is 384. The molecule has 0 amide bonds. The van der Waals surface area contributed by atoms with Crippen molar-refractivity contribution in [2.24, 2.45) is 0 Å². The van der Waals surface area contributed by atoms with Gasteiger partial charge in [0, 0.05) is 18.0 Å². The first-order chi connectivity index (χ1) is 8.83. The van der Waals surface area contributed by atoms with Crippen LogP contribution in [0, 0.1) is 11.3 Å². The first-order valence-electron chi connectivity index (χ1n) is 6.65. The van der Waals surface area contributed by atoms with Crippen molar-refractivity contribution in [1.82, 2.24) is 5.32 Å². The van der Waals surface area contributed by atoms with Crippen LogP contribution in [0.3, 0.4) is 0 Å². The number of rotatable bonds is 8. The summed E-state index contributed by atoms with van der Waals surface area (Å²) in [5, 5.41) is 12.0. The third-order valence-corrected chi connectivity index (χ3v) is 2.84. The van der Waals surface area contributed by atoms with Crippen molar-refractivity contribution in [3.05, 3.63) is 29.8 Å². The molecule has 0 aliphatic carbocycles. The fraction of sp³-hybridized carbons (Fsp3) is 0.533. The number of hydrogen-bond acceptors (Lipinski definition) is 3. The maximum absolute atomic E-state index is 8.50. The van der Waals surface area contributed by atoms with Gasteiger partial charge in [-0.2, -0.15) is 5.26 Å². The van der Waals surface area contributed by atoms with E-state index >= 15 is 0 Å². The zero-order valence-electron chi connectivity index (χ0n) is 11.3. The molecule has 1 rings (SSSR count). The van der Waals surface area contributed by atoms with Gasteiger partial charge in [-0.3, -0.25) is 0 Å². The van der Waals surface area contributed by atoms with Gasteiger partial charge in [0.15, 0.2) is 0 Å². The zero-order chi connectivity index (χ0) is 13.2. The van der Waals surface area contributed by atoms with E-state index in [1.807, 2.05) is 18.2 Å². The summed E-state index contributed by atoms with van der Waals surface area (Å²) in [4.78, 5) is 0. The Balaban J connectivity index is 2.69. The predicted octanol–water partition coefficient (Wildman–Crippen LogP) is 3.43. The first kappa shape index (κ1) is 14.5. The maximum Gasteiger partial charge on any atom is 0.124 e. The number of benzene rings is 1. The second kappa shape index (κ2) is 8.54. The topological polar surface area (TPSA) is 45.0 Å². The first-order valence-corrected chi connectivity index (χ1v) is 6.65. The van der Waals surface area contributed by atoms with Gasteiger partial charge in [-0.05, 0) is 25.5 Å². The van der Waals surface area contributed by atoms with Gasteiger partial charge in [-0.1, -0.05) is 32.0 Å². The zero-order valence-corrected chi connectivity index (χ0v) is 11.3. The molecule has 1 aromatic carbocycles. The van der Waals surface area contributed by atoms with Gasteiger partial charge < -0.3 is 10.1 Å². The average Bonchev–Trinajstić information content (AvgIpc) is 2.42. The molecular formula is C15H22N2O. The molecule has 0 aliphatic rings. The highest BCUT2D eigenvalue weighted by Crippen LogP contribution is 2.27. The van der Waals surface area contributed by atoms with Crippen LogP contribution >= 0.6 is 0 Å². The van der Waals surface area contributed by atoms with Crippen LogP contribution < -0.4 is 10.1 Å². The summed E-state index contributed by atoms with van der Waals surface area (Å²) >= 11 is 0. The van der Waals surface area contributed by atoms with Gasteiger partial charge in [0.05, 0.1) is 12.7 Å². The molecule has 0 fully saturated rings. The van der Waals surface area contributed by atoms with Crippen molar-refractivity contribution in [2.45, 2.75) is 39.2 Å². The molecule has 0 bridgehead atoms. The number of unbranched alkanes of at least 4 members (excludes halogenated alkanes) is 1. The molecule has 98 valence electrons. The van der Waals surface area contributed by atoms with E-state index in [-0.39, 0.29) is 0 Å². The molecule has 1 aromatic rings. The Morgan fingerprint density at radius 3 is 2.78 bits per heavy atom. The van der Waals surface area contributed by atoms with E-state index in [0.29, 0.717) is 19.1 Å². The summed E-state index contributed by atoms with van der Waals surface area (Å²) in [5.41, 5.74) is 1.21. The van der Waals surface area contributed by atoms with Gasteiger partial charge in [0.1, 0.15) is 5.75 Å². The Labute approximate surface area is 110 Å². The summed E-state index contributed by atoms with van der Waals surface area (Å²) in [7, 11) is 0. The van der Waals surface area contributed by atoms with Crippen molar-refractivity contribution in [2.75, 3.05) is 13.2 Å². The fourth-order valence-electron chi connectivity index (χ4n) is 1.95. The molecule has 1 N–H and O–H groups in total. The summed E-state index contributed by atoms with van der Waals surface area (Å²) in [6.07, 6.45) is 2.36. The average molecular weight is 246 g/mol. The summed E-state index contributed by atoms with van der Waals surface area (Å²) in [6.45, 7) is 5.83. The van der Waals surface area contributed by atoms with Crippen LogP contribution in [-0.4, -0.2) is 13.2 Å². The summed E-state index contributed by atoms with van der Waals surface area (Å²) in [5.74, 6) is 0.934. The van der Waals surface area contributed by atoms with E-state index in [1.165, 1.54) is 5.56 Å². The van der Waals surface area contributed by atoms with Crippen LogP contribution in [0.1, 0.15) is 44.7 Å². The Morgan fingerprint density at radius 2 is 2.11 bits per heavy atom. The SMILES string of the molecule is CCNC(CC)c1ccccc1OCCCC#N. The van der Waals surface area contributed by atoms with E-state index in [9.17, 15) is 0 Å². The van der Waals surface area contributed by atoms with Gasteiger partial charge >= 0.3 is 0 Å². The lowest BCUT2D eigenvalue weighted by Gasteiger charge is -2.19. The van der Waals surface area contributed by atoms with Crippen molar-refractivity contribution in [1.29, 1.82) is 5.26 Å². The van der Waals surface area contributed by atoms with Crippen LogP contribution in [0.15, 0.2) is 24.3 Å². The predicted molar refractivity (Wildman–Crippen MR) is 73.5 cm³/mol. The van der Waals surface area contributed by atoms with E-state index in [4.69, 9.17) is 10.00 Å². The molecule has 0 spiro atoms. The van der Waals surface area contributed by atoms with E-state index in [2.05, 4.69) is 31.3 Å². The van der Waals surface area contributed by atoms with Crippen molar-refractivity contribution < 1.29 is 4.74 Å². The van der Waals surface area contributed by atoms with Gasteiger partial charge in [-0.15, -0.1) is 0 Å². The molecule has 0 radical (unpaired) electrons. The molecule has 1 atom stereocenters. The molecule has 18 heavy (non-hydrogen) atoms. The number of nitrogens with zero attached hydrogens (tertiary/aromatic N) is 1. The monoisotopic (exact) mass is 246 g/mol. The molecule has 0 aliphatic heterocycles. The van der Waals surface area contributed by atoms with Crippen LogP contribution in [0.25, 0.3) is 0 Å². The van der Waals surface area contributed by atoms with Crippen LogP contribution in [0.2, 0.25) is 0 Å². The van der Waals surface area contributed by atoms with E-state index in [1.54, 1.807) is 0 Å². The number of ether oxygens (including phenoxy) is 1. The highest BCUT2D eigenvalue weighted by molar-refractivity contribution is 5.35. The van der Waals surface area contributed by atoms with Gasteiger partial charge in [-0.25, -0.2) is 0 Å². The highest BCUT2D eigenvalue weighted by atomic mass is 16.5. The van der Waals surface area contributed by atoms with Gasteiger partial charge in [0.2, 0.25) is 0 Å². The summed E-state index contributed by atoms with van der Waals surface area (Å²) < 4.78 is 5.78. The van der Waals surface area contributed by atoms with Crippen molar-refractivity contribution in [3.63, 3.8) is 0 Å². The minimum atomic E-state index is 0.335. The number of nitrogens with one attached hydrogen (secondary N) is 1. The third-order valence-electron chi connectivity index (χ3n) is 2.84. The van der Waals surface area contributed by atoms with Crippen LogP contribution in [0.4, 0.5) is 0 Å². The van der Waals surface area contributed by atoms with Crippen molar-refractivity contribution in [3.8, 4) is 11.8 Å². The smallest absolute Gasteiger partial charge is 0.124 e. The quantitative estimate of drug-likeness (QED) is 0.715. The maximum atomic E-state index is 8.50. The normalized spacial score (nSPS) is 11.8. The van der Waals surface area contributed by atoms with Crippen LogP contribution in [0.5, 0.6) is 5.75 Å². The standard InChI is InChI=1S/C15H22N2O/c1-3-14(17-4-2)13-9-5-6-10-15(13)18-12-8-7-11-16/h5-6,9-10,14,17H,3-4,7-8,12H2,1-2H3. The van der Waals surface area contributed by atoms with Crippen molar-refractivity contribution >= 4 is 0 Å². The molecule has 0 aromatic heterocycles. The largest absolute Gasteiger partial charge is 0.493 e. The number of para-hydroxylation sites is 1. The fourth-order valence-corrected chi connectivity index (χ4v) is 1.95. The Morgan fingerprint density at radius 1 is 1.33 bits per heavy atom. The number of hydrogen-bond donors (Lipinski definition) is 1. The molecule has 0 heterocycles. The molecular weight excluding hydrogens is 224 g/mol. The van der Waals surface area contributed by atoms with Crippen LogP contribution in [-0.2, 0) is 0 Å². The lowest BCUT2D eigenvalue weighted by Crippen LogP contribution is -2.20. The number of nitriles is 1. The highest BCUT2D eigenvalue weighted by Gasteiger charge is 2.12. The minimum Gasteiger partial charge on any atom is -0.493 e. The summed E-state index contributed by atoms with van der Waals surface area (Å²) in [6, 6.07) is 10.6. The molecule has 3 nitrogen and oxygen atoms in total. The van der Waals surface area contributed by atoms with Gasteiger partial charge in [0.25, 0.3) is 0 Å². The Kier molecular flexibility index (Phi) is 6.90. The molecule has 0 saturated heterocycles. The van der Waals surface area contributed by atoms with E-state index in [0.717, 1.165) is 25.1 Å². The lowest BCUT2D eigenvalue weighted by atomic mass is 10.0. The second-order valence-electron chi connectivity index (χ2n) is 4.17. The Hall–Kier alpha value is -1.53. The second-order valence-corrected chi connectivity index (χ2v) is 4.17. The third kappa shape index (κ3) is 4.38. The molecule has 3 heteroatoms. The molecule has 1 unspecified atom stereocenters. The van der Waals surface area contributed by atoms with E-state index < -0.39 is 0 Å². The minimum absolute atomic E-state index is 0.335. The lowest BCUT2D eigenvalue weighted by molar-refractivity contribution is 0.305. The molecule has 0 saturated carbocycles.